The van der Waals surface area contributed by atoms with E-state index in [0.29, 0.717) is 11.5 Å². The molecule has 7 heteroatoms. The maximum Gasteiger partial charge on any atom is 0.267 e. The topological polar surface area (TPSA) is 95.1 Å². The van der Waals surface area contributed by atoms with E-state index in [-0.39, 0.29) is 7.12 Å². The van der Waals surface area contributed by atoms with E-state index in [4.69, 9.17) is 15.5 Å². The highest BCUT2D eigenvalue weighted by Crippen LogP contribution is 2.28. The molecule has 0 aliphatic carbocycles. The summed E-state index contributed by atoms with van der Waals surface area (Å²) in [5.74, 6) is 1.24. The predicted molar refractivity (Wildman–Crippen MR) is 115 cm³/mol. The summed E-state index contributed by atoms with van der Waals surface area (Å²) in [6.07, 6.45) is 2.46. The van der Waals surface area contributed by atoms with Gasteiger partial charge in [0, 0.05) is 32.5 Å². The molecule has 2 aromatic heterocycles. The molecule has 0 aliphatic heterocycles. The fraction of sp³-hybridized carbons (Fsp3) is 0.136. The maximum atomic E-state index is 11.3. The summed E-state index contributed by atoms with van der Waals surface area (Å²) in [5.41, 5.74) is 9.45. The molecule has 0 radical (unpaired) electrons. The number of imidazole rings is 1. The maximum absolute atomic E-state index is 11.3. The Hall–Kier alpha value is -3.87. The number of carbonyl (C=O) groups is 1. The lowest BCUT2D eigenvalue weighted by atomic mass is 10.1. The number of nitrogens with zero attached hydrogens (tertiary/aromatic N) is 3. The Morgan fingerprint density at radius 3 is 2.79 bits per heavy atom. The zero-order chi connectivity index (χ0) is 20.4. The van der Waals surface area contributed by atoms with Crippen LogP contribution in [0, 0.1) is 0 Å². The molecule has 0 saturated carbocycles. The van der Waals surface area contributed by atoms with E-state index in [1.807, 2.05) is 41.9 Å². The summed E-state index contributed by atoms with van der Waals surface area (Å²) in [6, 6.07) is 17.1. The van der Waals surface area contributed by atoms with E-state index in [1.54, 1.807) is 6.07 Å². The van der Waals surface area contributed by atoms with Crippen LogP contribution in [-0.4, -0.2) is 20.4 Å². The van der Waals surface area contributed by atoms with Crippen molar-refractivity contribution in [3.63, 3.8) is 0 Å². The highest BCUT2D eigenvalue weighted by molar-refractivity contribution is 5.91. The molecule has 2 heterocycles. The molecule has 1 amide bonds. The first-order valence-corrected chi connectivity index (χ1v) is 9.29. The largest absolute Gasteiger partial charge is 0.457 e. The molecular formula is C22H23N5O2. The highest BCUT2D eigenvalue weighted by Gasteiger charge is 2.11. The number of hydrogen-bond donors (Lipinski definition) is 2. The molecule has 0 atom stereocenters. The Bertz CT molecular complexity index is 1210. The zero-order valence-electron chi connectivity index (χ0n) is 16.2. The number of fused-ring (bicyclic) bond motifs is 1. The second-order valence-electron chi connectivity index (χ2n) is 6.67. The van der Waals surface area contributed by atoms with Crippen LogP contribution >= 0.6 is 0 Å². The number of aromatic nitrogens is 3. The average Bonchev–Trinajstić information content (AvgIpc) is 3.03. The number of aryl methyl sites for hydroxylation is 2. The molecule has 7 nitrogen and oxygen atoms in total. The fourth-order valence-electron chi connectivity index (χ4n) is 3.10. The second kappa shape index (κ2) is 7.63. The van der Waals surface area contributed by atoms with Crippen molar-refractivity contribution in [2.75, 3.05) is 5.32 Å². The van der Waals surface area contributed by atoms with Gasteiger partial charge >= 0.3 is 0 Å². The lowest BCUT2D eigenvalue weighted by Crippen LogP contribution is -2.12. The van der Waals surface area contributed by atoms with Gasteiger partial charge in [0.25, 0.3) is 5.91 Å². The number of primary amides is 1. The van der Waals surface area contributed by atoms with Crippen molar-refractivity contribution in [3.05, 3.63) is 72.1 Å². The summed E-state index contributed by atoms with van der Waals surface area (Å²) >= 11 is 0. The number of amides is 1. The van der Waals surface area contributed by atoms with Gasteiger partial charge in [-0.2, -0.15) is 0 Å². The highest BCUT2D eigenvalue weighted by atomic mass is 16.5. The molecule has 0 aliphatic rings. The molecule has 2 aromatic carbocycles. The molecule has 4 aromatic rings. The zero-order valence-corrected chi connectivity index (χ0v) is 16.2. The van der Waals surface area contributed by atoms with Gasteiger partial charge in [-0.25, -0.2) is 4.98 Å². The molecule has 0 unspecified atom stereocenters. The van der Waals surface area contributed by atoms with Crippen LogP contribution < -0.4 is 15.8 Å². The molecule has 0 bridgehead atoms. The summed E-state index contributed by atoms with van der Waals surface area (Å²) in [7, 11) is 1.96. The van der Waals surface area contributed by atoms with Gasteiger partial charge in [0.1, 0.15) is 17.2 Å². The summed E-state index contributed by atoms with van der Waals surface area (Å²) in [5, 5.41) is 3.38. The number of nitrogens with two attached hydrogens (primary N) is 1. The van der Waals surface area contributed by atoms with Gasteiger partial charge < -0.3 is 20.4 Å². The lowest BCUT2D eigenvalue weighted by Gasteiger charge is -2.07. The molecule has 0 spiro atoms. The van der Waals surface area contributed by atoms with Crippen LogP contribution in [0.5, 0.6) is 11.5 Å². The molecule has 29 heavy (non-hydrogen) atoms. The number of ether oxygens (including phenoxy) is 1. The standard InChI is InChI=1S/C22H21N5O2.H2/c1-3-14-5-4-6-15(11-14)25-22-26-18-12-16(7-8-20(18)27(22)2)29-17-9-10-24-19(13-17)21(23)28;/h4-13H,3H2,1-2H3,(H2,23,28)(H,25,26);1H. The normalized spacial score (nSPS) is 10.8. The molecule has 0 fully saturated rings. The van der Waals surface area contributed by atoms with Crippen LogP contribution in [0.2, 0.25) is 0 Å². The van der Waals surface area contributed by atoms with Crippen molar-refractivity contribution in [1.82, 2.24) is 14.5 Å². The number of carbonyl (C=O) groups excluding carboxylic acids is 1. The van der Waals surface area contributed by atoms with Gasteiger partial charge in [-0.15, -0.1) is 0 Å². The number of anilines is 2. The molecule has 148 valence electrons. The summed E-state index contributed by atoms with van der Waals surface area (Å²) < 4.78 is 7.85. The van der Waals surface area contributed by atoms with Crippen LogP contribution in [0.1, 0.15) is 24.4 Å². The summed E-state index contributed by atoms with van der Waals surface area (Å²) in [4.78, 5) is 19.9. The number of rotatable bonds is 6. The van der Waals surface area contributed by atoms with Crippen LogP contribution in [0.3, 0.4) is 0 Å². The minimum atomic E-state index is -0.599. The number of pyridine rings is 1. The van der Waals surface area contributed by atoms with Crippen molar-refractivity contribution in [3.8, 4) is 11.5 Å². The fourth-order valence-corrected chi connectivity index (χ4v) is 3.10. The first-order chi connectivity index (χ1) is 14.0. The monoisotopic (exact) mass is 389 g/mol. The van der Waals surface area contributed by atoms with Gasteiger partial charge in [0.2, 0.25) is 5.95 Å². The van der Waals surface area contributed by atoms with Crippen molar-refractivity contribution >= 4 is 28.6 Å². The van der Waals surface area contributed by atoms with Crippen LogP contribution in [0.25, 0.3) is 11.0 Å². The van der Waals surface area contributed by atoms with Crippen molar-refractivity contribution in [2.45, 2.75) is 13.3 Å². The third kappa shape index (κ3) is 3.89. The SMILES string of the molecule is CCc1cccc(Nc2nc3cc(Oc4ccnc(C(N)=O)c4)ccc3n2C)c1.[HH]. The first kappa shape index (κ1) is 18.5. The van der Waals surface area contributed by atoms with E-state index in [2.05, 4.69) is 29.4 Å². The Morgan fingerprint density at radius 1 is 1.17 bits per heavy atom. The van der Waals surface area contributed by atoms with Gasteiger partial charge in [-0.3, -0.25) is 9.78 Å². The predicted octanol–water partition coefficient (Wildman–Crippen LogP) is 4.41. The molecule has 0 saturated heterocycles. The van der Waals surface area contributed by atoms with E-state index in [0.717, 1.165) is 29.1 Å². The number of hydrogen-bond acceptors (Lipinski definition) is 5. The van der Waals surface area contributed by atoms with Crippen molar-refractivity contribution in [2.24, 2.45) is 12.8 Å². The van der Waals surface area contributed by atoms with Gasteiger partial charge in [0.05, 0.1) is 11.0 Å². The van der Waals surface area contributed by atoms with Gasteiger partial charge in [-0.1, -0.05) is 19.1 Å². The quantitative estimate of drug-likeness (QED) is 0.509. The number of nitrogens with one attached hydrogen (secondary N) is 1. The van der Waals surface area contributed by atoms with Crippen molar-refractivity contribution in [1.29, 1.82) is 0 Å². The molecule has 3 N–H and O–H groups in total. The molecule has 4 rings (SSSR count). The van der Waals surface area contributed by atoms with Gasteiger partial charge in [-0.05, 0) is 42.3 Å². The van der Waals surface area contributed by atoms with Crippen LogP contribution in [0.4, 0.5) is 11.6 Å². The molecular weight excluding hydrogens is 366 g/mol. The van der Waals surface area contributed by atoms with E-state index < -0.39 is 5.91 Å². The first-order valence-electron chi connectivity index (χ1n) is 9.29. The number of benzene rings is 2. The summed E-state index contributed by atoms with van der Waals surface area (Å²) in [6.45, 7) is 2.13. The third-order valence-electron chi connectivity index (χ3n) is 4.66. The van der Waals surface area contributed by atoms with Crippen LogP contribution in [0.15, 0.2) is 60.8 Å². The van der Waals surface area contributed by atoms with Gasteiger partial charge in [0.15, 0.2) is 0 Å². The van der Waals surface area contributed by atoms with Crippen LogP contribution in [-0.2, 0) is 13.5 Å². The lowest BCUT2D eigenvalue weighted by molar-refractivity contribution is 0.0995. The third-order valence-corrected chi connectivity index (χ3v) is 4.66. The smallest absolute Gasteiger partial charge is 0.267 e. The van der Waals surface area contributed by atoms with E-state index in [1.165, 1.54) is 17.8 Å². The Balaban J connectivity index is 0.00000256. The van der Waals surface area contributed by atoms with E-state index in [9.17, 15) is 4.79 Å². The average molecular weight is 389 g/mol. The Labute approximate surface area is 169 Å². The Morgan fingerprint density at radius 2 is 2.00 bits per heavy atom. The minimum Gasteiger partial charge on any atom is -0.457 e. The second-order valence-corrected chi connectivity index (χ2v) is 6.67. The van der Waals surface area contributed by atoms with Crippen molar-refractivity contribution < 1.29 is 11.0 Å². The Kier molecular flexibility index (Phi) is 4.87. The minimum absolute atomic E-state index is 0. The van der Waals surface area contributed by atoms with E-state index >= 15 is 0 Å².